The molecule has 0 radical (unpaired) electrons. The summed E-state index contributed by atoms with van der Waals surface area (Å²) in [7, 11) is 0. The molecule has 3 saturated carbocycles. The van der Waals surface area contributed by atoms with Crippen molar-refractivity contribution in [3.63, 3.8) is 0 Å². The van der Waals surface area contributed by atoms with E-state index in [0.717, 1.165) is 24.7 Å². The Balaban J connectivity index is 1.39. The van der Waals surface area contributed by atoms with Crippen molar-refractivity contribution >= 4 is 23.2 Å². The highest BCUT2D eigenvalue weighted by atomic mass is 32.1. The number of thiocarbonyl (C=S) groups is 1. The van der Waals surface area contributed by atoms with Crippen LogP contribution in [-0.2, 0) is 4.79 Å². The average molecular weight is 253 g/mol. The predicted octanol–water partition coefficient (Wildman–Crippen LogP) is 1.08. The summed E-state index contributed by atoms with van der Waals surface area (Å²) >= 11 is 5.19. The van der Waals surface area contributed by atoms with Gasteiger partial charge in [-0.05, 0) is 56.2 Å². The molecule has 0 heterocycles. The van der Waals surface area contributed by atoms with Crippen LogP contribution in [0.15, 0.2) is 0 Å². The number of fused-ring (bicyclic) bond motifs is 2. The maximum atomic E-state index is 11.4. The first kappa shape index (κ1) is 11.3. The largest absolute Gasteiger partial charge is 0.358 e. The summed E-state index contributed by atoms with van der Waals surface area (Å²) in [6.07, 6.45) is 7.35. The molecule has 0 aromatic heterocycles. The van der Waals surface area contributed by atoms with E-state index in [1.54, 1.807) is 0 Å². The van der Waals surface area contributed by atoms with E-state index in [-0.39, 0.29) is 11.8 Å². The van der Waals surface area contributed by atoms with Crippen LogP contribution in [0, 0.1) is 17.8 Å². The average Bonchev–Trinajstić information content (AvgIpc) is 2.97. The first-order valence-electron chi connectivity index (χ1n) is 6.58. The van der Waals surface area contributed by atoms with E-state index >= 15 is 0 Å². The molecule has 3 fully saturated rings. The minimum Gasteiger partial charge on any atom is -0.358 e. The fourth-order valence-electron chi connectivity index (χ4n) is 3.19. The second-order valence-electron chi connectivity index (χ2n) is 5.64. The van der Waals surface area contributed by atoms with Gasteiger partial charge >= 0.3 is 0 Å². The van der Waals surface area contributed by atoms with E-state index < -0.39 is 0 Å². The number of hydrogen-bond donors (Lipinski definition) is 3. The van der Waals surface area contributed by atoms with Gasteiger partial charge in [0.05, 0.1) is 0 Å². The molecule has 4 nitrogen and oxygen atoms in total. The van der Waals surface area contributed by atoms with Gasteiger partial charge in [0.25, 0.3) is 0 Å². The minimum absolute atomic E-state index is 0.0714. The lowest BCUT2D eigenvalue weighted by Crippen LogP contribution is -2.51. The van der Waals surface area contributed by atoms with Crippen LogP contribution in [0.5, 0.6) is 0 Å². The van der Waals surface area contributed by atoms with E-state index in [0.29, 0.717) is 11.2 Å². The fraction of sp³-hybridized carbons (Fsp3) is 0.833. The van der Waals surface area contributed by atoms with Crippen LogP contribution in [0.3, 0.4) is 0 Å². The van der Waals surface area contributed by atoms with Gasteiger partial charge < -0.3 is 5.32 Å². The Labute approximate surface area is 107 Å². The number of rotatable bonds is 2. The number of hydrazine groups is 1. The fourth-order valence-corrected chi connectivity index (χ4v) is 3.39. The van der Waals surface area contributed by atoms with Gasteiger partial charge in [0, 0.05) is 12.0 Å². The molecule has 0 aromatic carbocycles. The third-order valence-corrected chi connectivity index (χ3v) is 4.52. The van der Waals surface area contributed by atoms with Crippen LogP contribution in [-0.4, -0.2) is 17.1 Å². The third-order valence-electron chi connectivity index (χ3n) is 4.30. The predicted molar refractivity (Wildman–Crippen MR) is 69.0 cm³/mol. The van der Waals surface area contributed by atoms with Crippen molar-refractivity contribution in [3.8, 4) is 0 Å². The summed E-state index contributed by atoms with van der Waals surface area (Å²) in [5.41, 5.74) is 5.48. The molecule has 0 saturated heterocycles. The maximum absolute atomic E-state index is 11.4. The molecule has 2 bridgehead atoms. The highest BCUT2D eigenvalue weighted by molar-refractivity contribution is 7.80. The Kier molecular flexibility index (Phi) is 2.94. The summed E-state index contributed by atoms with van der Waals surface area (Å²) in [5, 5.41) is 3.90. The van der Waals surface area contributed by atoms with Gasteiger partial charge in [-0.2, -0.15) is 0 Å². The van der Waals surface area contributed by atoms with Crippen molar-refractivity contribution in [3.05, 3.63) is 0 Å². The molecule has 0 spiro atoms. The van der Waals surface area contributed by atoms with Gasteiger partial charge in [-0.25, -0.2) is 0 Å². The summed E-state index contributed by atoms with van der Waals surface area (Å²) in [5.74, 6) is 1.98. The number of carbonyl (C=O) groups is 1. The molecule has 3 aliphatic rings. The van der Waals surface area contributed by atoms with Crippen LogP contribution in [0.2, 0.25) is 0 Å². The van der Waals surface area contributed by atoms with Gasteiger partial charge in [-0.1, -0.05) is 6.42 Å². The molecule has 3 atom stereocenters. The monoisotopic (exact) mass is 253 g/mol. The molecule has 3 aliphatic carbocycles. The van der Waals surface area contributed by atoms with Gasteiger partial charge in [-0.15, -0.1) is 0 Å². The molecule has 3 unspecified atom stereocenters. The molecule has 0 aromatic rings. The van der Waals surface area contributed by atoms with Gasteiger partial charge in [0.2, 0.25) is 5.91 Å². The van der Waals surface area contributed by atoms with Gasteiger partial charge in [0.15, 0.2) is 5.11 Å². The molecular formula is C12H19N3OS. The molecule has 3 N–H and O–H groups in total. The molecule has 94 valence electrons. The quantitative estimate of drug-likeness (QED) is 0.509. The second kappa shape index (κ2) is 4.44. The van der Waals surface area contributed by atoms with Crippen molar-refractivity contribution in [2.75, 3.05) is 0 Å². The summed E-state index contributed by atoms with van der Waals surface area (Å²) in [4.78, 5) is 11.4. The molecule has 0 aliphatic heterocycles. The molecule has 17 heavy (non-hydrogen) atoms. The van der Waals surface area contributed by atoms with Crippen LogP contribution in [0.4, 0.5) is 0 Å². The second-order valence-corrected chi connectivity index (χ2v) is 6.05. The Hall–Kier alpha value is -0.840. The smallest absolute Gasteiger partial charge is 0.241 e. The van der Waals surface area contributed by atoms with E-state index in [9.17, 15) is 4.79 Å². The lowest BCUT2D eigenvalue weighted by atomic mass is 9.96. The van der Waals surface area contributed by atoms with Gasteiger partial charge in [0.1, 0.15) is 0 Å². The molecular weight excluding hydrogens is 234 g/mol. The van der Waals surface area contributed by atoms with Crippen LogP contribution in [0.1, 0.15) is 38.5 Å². The van der Waals surface area contributed by atoms with E-state index in [2.05, 4.69) is 16.2 Å². The zero-order chi connectivity index (χ0) is 11.8. The number of nitrogens with one attached hydrogen (secondary N) is 3. The van der Waals surface area contributed by atoms with Crippen LogP contribution < -0.4 is 16.2 Å². The lowest BCUT2D eigenvalue weighted by Gasteiger charge is -2.24. The van der Waals surface area contributed by atoms with E-state index in [1.165, 1.54) is 25.7 Å². The molecule has 1 amide bonds. The lowest BCUT2D eigenvalue weighted by molar-refractivity contribution is -0.122. The Morgan fingerprint density at radius 3 is 2.47 bits per heavy atom. The Bertz CT molecular complexity index is 343. The number of carbonyl (C=O) groups excluding carboxylic acids is 1. The number of amides is 1. The summed E-state index contributed by atoms with van der Waals surface area (Å²) < 4.78 is 0. The van der Waals surface area contributed by atoms with Crippen molar-refractivity contribution in [1.82, 2.24) is 16.2 Å². The van der Waals surface area contributed by atoms with Crippen LogP contribution >= 0.6 is 12.2 Å². The van der Waals surface area contributed by atoms with E-state index in [4.69, 9.17) is 12.2 Å². The summed E-state index contributed by atoms with van der Waals surface area (Å²) in [6, 6.07) is 0.520. The molecule has 5 heteroatoms. The topological polar surface area (TPSA) is 53.2 Å². The minimum atomic E-state index is 0.0714. The van der Waals surface area contributed by atoms with Crippen molar-refractivity contribution in [2.45, 2.75) is 44.6 Å². The standard InChI is InChI=1S/C12H19N3OS/c16-11(8-3-4-8)14-15-12(17)13-10-6-7-1-2-9(10)5-7/h7-10H,1-6H2,(H,14,16)(H2,13,15,17). The first-order valence-corrected chi connectivity index (χ1v) is 6.99. The van der Waals surface area contributed by atoms with E-state index in [1.807, 2.05) is 0 Å². The Morgan fingerprint density at radius 1 is 1.06 bits per heavy atom. The van der Waals surface area contributed by atoms with Crippen LogP contribution in [0.25, 0.3) is 0 Å². The highest BCUT2D eigenvalue weighted by Crippen LogP contribution is 2.44. The zero-order valence-electron chi connectivity index (χ0n) is 9.87. The molecule has 3 rings (SSSR count). The van der Waals surface area contributed by atoms with Gasteiger partial charge in [-0.3, -0.25) is 15.6 Å². The van der Waals surface area contributed by atoms with Crippen molar-refractivity contribution in [1.29, 1.82) is 0 Å². The maximum Gasteiger partial charge on any atom is 0.241 e. The van der Waals surface area contributed by atoms with Crippen molar-refractivity contribution in [2.24, 2.45) is 17.8 Å². The Morgan fingerprint density at radius 2 is 1.88 bits per heavy atom. The third kappa shape index (κ3) is 2.54. The number of hydrogen-bond acceptors (Lipinski definition) is 2. The van der Waals surface area contributed by atoms with Crippen molar-refractivity contribution < 1.29 is 4.79 Å². The first-order chi connectivity index (χ1) is 8.22. The SMILES string of the molecule is O=C(NNC(=S)NC1CC2CCC1C2)C1CC1. The normalized spacial score (nSPS) is 34.5. The zero-order valence-corrected chi connectivity index (χ0v) is 10.7. The highest BCUT2D eigenvalue weighted by Gasteiger charge is 2.39. The summed E-state index contributed by atoms with van der Waals surface area (Å²) in [6.45, 7) is 0.